The Kier molecular flexibility index (Phi) is 4.08. The van der Waals surface area contributed by atoms with Gasteiger partial charge < -0.3 is 5.32 Å². The van der Waals surface area contributed by atoms with Crippen LogP contribution in [0.3, 0.4) is 0 Å². The molecule has 0 spiro atoms. The summed E-state index contributed by atoms with van der Waals surface area (Å²) in [7, 11) is 0. The molecular formula is C10H13BrN6O. The van der Waals surface area contributed by atoms with Gasteiger partial charge in [-0.25, -0.2) is 4.68 Å². The number of aromatic nitrogens is 5. The van der Waals surface area contributed by atoms with Crippen molar-refractivity contribution in [2.75, 3.05) is 11.9 Å². The first-order valence-electron chi connectivity index (χ1n) is 5.56. The average molecular weight is 313 g/mol. The van der Waals surface area contributed by atoms with Crippen molar-refractivity contribution in [2.45, 2.75) is 20.0 Å². The molecule has 18 heavy (non-hydrogen) atoms. The number of anilines is 1. The highest BCUT2D eigenvalue weighted by Crippen LogP contribution is 2.15. The molecule has 0 radical (unpaired) electrons. The molecule has 0 fully saturated rings. The summed E-state index contributed by atoms with van der Waals surface area (Å²) in [5, 5.41) is 14.7. The predicted octanol–water partition coefficient (Wildman–Crippen LogP) is 0.729. The second-order valence-corrected chi connectivity index (χ2v) is 4.38. The predicted molar refractivity (Wildman–Crippen MR) is 70.4 cm³/mol. The highest BCUT2D eigenvalue weighted by atomic mass is 79.9. The van der Waals surface area contributed by atoms with E-state index in [1.54, 1.807) is 23.3 Å². The molecule has 0 saturated heterocycles. The fourth-order valence-electron chi connectivity index (χ4n) is 1.47. The lowest BCUT2D eigenvalue weighted by Gasteiger charge is -2.09. The minimum Gasteiger partial charge on any atom is -0.381 e. The van der Waals surface area contributed by atoms with E-state index in [1.807, 2.05) is 6.92 Å². The lowest BCUT2D eigenvalue weighted by molar-refractivity contribution is 0.602. The number of aryl methyl sites for hydroxylation is 1. The van der Waals surface area contributed by atoms with Gasteiger partial charge in [-0.15, -0.1) is 5.10 Å². The third-order valence-corrected chi connectivity index (χ3v) is 3.18. The zero-order valence-electron chi connectivity index (χ0n) is 9.88. The Morgan fingerprint density at radius 2 is 2.33 bits per heavy atom. The summed E-state index contributed by atoms with van der Waals surface area (Å²) in [6.45, 7) is 3.73. The van der Waals surface area contributed by atoms with Crippen molar-refractivity contribution >= 4 is 21.6 Å². The van der Waals surface area contributed by atoms with Gasteiger partial charge >= 0.3 is 0 Å². The highest BCUT2D eigenvalue weighted by molar-refractivity contribution is 9.10. The number of nitrogens with zero attached hydrogens (tertiary/aromatic N) is 5. The molecule has 0 aromatic carbocycles. The van der Waals surface area contributed by atoms with Gasteiger partial charge in [0.25, 0.3) is 5.56 Å². The first kappa shape index (κ1) is 12.7. The van der Waals surface area contributed by atoms with Crippen LogP contribution in [0.2, 0.25) is 0 Å². The van der Waals surface area contributed by atoms with E-state index in [1.165, 1.54) is 4.68 Å². The van der Waals surface area contributed by atoms with Crippen LogP contribution in [0, 0.1) is 0 Å². The van der Waals surface area contributed by atoms with Gasteiger partial charge in [-0.05, 0) is 22.9 Å². The van der Waals surface area contributed by atoms with Gasteiger partial charge in [0.05, 0.1) is 24.6 Å². The molecular weight excluding hydrogens is 300 g/mol. The average Bonchev–Trinajstić information content (AvgIpc) is 2.88. The molecule has 2 aromatic rings. The molecule has 0 unspecified atom stereocenters. The van der Waals surface area contributed by atoms with Gasteiger partial charge in [-0.1, -0.05) is 5.21 Å². The van der Waals surface area contributed by atoms with E-state index in [0.29, 0.717) is 29.8 Å². The molecule has 8 heteroatoms. The molecule has 2 heterocycles. The Morgan fingerprint density at radius 3 is 3.00 bits per heavy atom. The molecule has 0 aliphatic heterocycles. The SMILES string of the molecule is CCn1ncc(NCCn2ccnn2)c(Br)c1=O. The van der Waals surface area contributed by atoms with Crippen molar-refractivity contribution < 1.29 is 0 Å². The largest absolute Gasteiger partial charge is 0.381 e. The molecule has 96 valence electrons. The molecule has 0 aliphatic rings. The summed E-state index contributed by atoms with van der Waals surface area (Å²) in [5.41, 5.74) is 0.549. The van der Waals surface area contributed by atoms with E-state index in [9.17, 15) is 4.79 Å². The van der Waals surface area contributed by atoms with Crippen molar-refractivity contribution in [2.24, 2.45) is 0 Å². The molecule has 0 atom stereocenters. The Morgan fingerprint density at radius 1 is 1.50 bits per heavy atom. The quantitative estimate of drug-likeness (QED) is 0.880. The maximum atomic E-state index is 11.8. The molecule has 0 saturated carbocycles. The minimum atomic E-state index is -0.136. The van der Waals surface area contributed by atoms with E-state index in [-0.39, 0.29) is 5.56 Å². The topological polar surface area (TPSA) is 77.6 Å². The Hall–Kier alpha value is -1.70. The van der Waals surface area contributed by atoms with E-state index in [4.69, 9.17) is 0 Å². The molecule has 0 aliphatic carbocycles. The van der Waals surface area contributed by atoms with Crippen LogP contribution in [0.4, 0.5) is 5.69 Å². The molecule has 0 amide bonds. The van der Waals surface area contributed by atoms with Crippen molar-refractivity contribution in [3.8, 4) is 0 Å². The van der Waals surface area contributed by atoms with Crippen LogP contribution < -0.4 is 10.9 Å². The van der Waals surface area contributed by atoms with Crippen molar-refractivity contribution in [3.63, 3.8) is 0 Å². The summed E-state index contributed by atoms with van der Waals surface area (Å²) in [6.07, 6.45) is 5.04. The second kappa shape index (κ2) is 5.76. The summed E-state index contributed by atoms with van der Waals surface area (Å²) in [4.78, 5) is 11.8. The van der Waals surface area contributed by atoms with Gasteiger partial charge in [0.15, 0.2) is 0 Å². The van der Waals surface area contributed by atoms with Gasteiger partial charge in [0, 0.05) is 19.3 Å². The highest BCUT2D eigenvalue weighted by Gasteiger charge is 2.07. The number of halogens is 1. The zero-order chi connectivity index (χ0) is 13.0. The molecule has 7 nitrogen and oxygen atoms in total. The smallest absolute Gasteiger partial charge is 0.283 e. The van der Waals surface area contributed by atoms with Crippen LogP contribution in [0.15, 0.2) is 27.9 Å². The lowest BCUT2D eigenvalue weighted by Crippen LogP contribution is -2.24. The van der Waals surface area contributed by atoms with Crippen molar-refractivity contribution in [1.82, 2.24) is 24.8 Å². The molecule has 2 rings (SSSR count). The van der Waals surface area contributed by atoms with E-state index in [0.717, 1.165) is 0 Å². The normalized spacial score (nSPS) is 10.6. The van der Waals surface area contributed by atoms with E-state index >= 15 is 0 Å². The van der Waals surface area contributed by atoms with Gasteiger partial charge in [0.1, 0.15) is 4.47 Å². The Labute approximate surface area is 112 Å². The molecule has 2 aromatic heterocycles. The Balaban J connectivity index is 2.02. The maximum Gasteiger partial charge on any atom is 0.283 e. The van der Waals surface area contributed by atoms with Gasteiger partial charge in [0.2, 0.25) is 0 Å². The zero-order valence-corrected chi connectivity index (χ0v) is 11.5. The molecule has 0 bridgehead atoms. The summed E-state index contributed by atoms with van der Waals surface area (Å²) in [5.74, 6) is 0. The fourth-order valence-corrected chi connectivity index (χ4v) is 1.92. The first-order chi connectivity index (χ1) is 8.72. The van der Waals surface area contributed by atoms with Crippen LogP contribution in [0.1, 0.15) is 6.92 Å². The van der Waals surface area contributed by atoms with Crippen molar-refractivity contribution in [3.05, 3.63) is 33.4 Å². The summed E-state index contributed by atoms with van der Waals surface area (Å²) in [6, 6.07) is 0. The summed E-state index contributed by atoms with van der Waals surface area (Å²) < 4.78 is 3.60. The second-order valence-electron chi connectivity index (χ2n) is 3.59. The third-order valence-electron chi connectivity index (χ3n) is 2.41. The summed E-state index contributed by atoms with van der Waals surface area (Å²) >= 11 is 3.28. The monoisotopic (exact) mass is 312 g/mol. The number of hydrogen-bond donors (Lipinski definition) is 1. The maximum absolute atomic E-state index is 11.8. The minimum absolute atomic E-state index is 0.136. The van der Waals surface area contributed by atoms with Gasteiger partial charge in [-0.2, -0.15) is 5.10 Å². The number of hydrogen-bond acceptors (Lipinski definition) is 5. The lowest BCUT2D eigenvalue weighted by atomic mass is 10.4. The van der Waals surface area contributed by atoms with Crippen LogP contribution in [-0.2, 0) is 13.1 Å². The third kappa shape index (κ3) is 2.76. The van der Waals surface area contributed by atoms with Crippen LogP contribution in [-0.4, -0.2) is 31.3 Å². The van der Waals surface area contributed by atoms with E-state index in [2.05, 4.69) is 36.7 Å². The number of nitrogens with one attached hydrogen (secondary N) is 1. The van der Waals surface area contributed by atoms with Crippen LogP contribution in [0.25, 0.3) is 0 Å². The molecule has 1 N–H and O–H groups in total. The van der Waals surface area contributed by atoms with E-state index < -0.39 is 0 Å². The van der Waals surface area contributed by atoms with Crippen LogP contribution in [0.5, 0.6) is 0 Å². The Bertz CT molecular complexity index is 564. The van der Waals surface area contributed by atoms with Crippen molar-refractivity contribution in [1.29, 1.82) is 0 Å². The first-order valence-corrected chi connectivity index (χ1v) is 6.35. The number of rotatable bonds is 5. The fraction of sp³-hybridized carbons (Fsp3) is 0.400. The van der Waals surface area contributed by atoms with Crippen LogP contribution >= 0.6 is 15.9 Å². The standard InChI is InChI=1S/C10H13BrN6O/c1-2-17-10(18)9(11)8(7-14-17)12-3-5-16-6-4-13-15-16/h4,6-7,12H,2-3,5H2,1H3. The van der Waals surface area contributed by atoms with Gasteiger partial charge in [-0.3, -0.25) is 9.48 Å².